The fourth-order valence-corrected chi connectivity index (χ4v) is 5.67. The highest BCUT2D eigenvalue weighted by molar-refractivity contribution is 5.78. The number of carbonyl (C=O) groups excluding carboxylic acids is 2. The van der Waals surface area contributed by atoms with Gasteiger partial charge in [0, 0.05) is 31.8 Å². The first kappa shape index (κ1) is 19.9. The molecule has 1 amide bonds. The Morgan fingerprint density at radius 2 is 1.42 bits per heavy atom. The van der Waals surface area contributed by atoms with Crippen LogP contribution in [0, 0.1) is 11.8 Å². The van der Waals surface area contributed by atoms with Crippen molar-refractivity contribution >= 4 is 11.7 Å². The smallest absolute Gasteiger partial charge is 0.222 e. The quantitative estimate of drug-likeness (QED) is 0.523. The zero-order valence-corrected chi connectivity index (χ0v) is 16.7. The predicted octanol–water partition coefficient (Wildman–Crippen LogP) is 5.66. The van der Waals surface area contributed by atoms with Gasteiger partial charge in [-0.15, -0.1) is 0 Å². The molecule has 3 nitrogen and oxygen atoms in total. The number of unbranched alkanes of at least 4 members (excludes halogenated alkanes) is 2. The van der Waals surface area contributed by atoms with Crippen LogP contribution in [0.25, 0.3) is 0 Å². The zero-order valence-electron chi connectivity index (χ0n) is 16.7. The van der Waals surface area contributed by atoms with Crippen LogP contribution >= 0.6 is 0 Å². The Hall–Kier alpha value is -0.860. The summed E-state index contributed by atoms with van der Waals surface area (Å²) in [5.74, 6) is 2.29. The predicted molar refractivity (Wildman–Crippen MR) is 106 cm³/mol. The number of fused-ring (bicyclic) bond motifs is 1. The van der Waals surface area contributed by atoms with Gasteiger partial charge in [-0.05, 0) is 50.4 Å². The van der Waals surface area contributed by atoms with Crippen LogP contribution in [0.1, 0.15) is 109 Å². The van der Waals surface area contributed by atoms with Gasteiger partial charge in [0.15, 0.2) is 0 Å². The monoisotopic (exact) mass is 361 g/mol. The van der Waals surface area contributed by atoms with E-state index in [9.17, 15) is 9.59 Å². The number of ketones is 1. The van der Waals surface area contributed by atoms with E-state index in [4.69, 9.17) is 0 Å². The molecule has 2 saturated carbocycles. The maximum absolute atomic E-state index is 12.7. The summed E-state index contributed by atoms with van der Waals surface area (Å²) < 4.78 is 0. The number of amides is 1. The summed E-state index contributed by atoms with van der Waals surface area (Å²) >= 11 is 0. The third-order valence-corrected chi connectivity index (χ3v) is 7.15. The summed E-state index contributed by atoms with van der Waals surface area (Å²) in [5, 5.41) is 0. The van der Waals surface area contributed by atoms with Crippen molar-refractivity contribution in [1.82, 2.24) is 4.90 Å². The molecule has 3 aliphatic rings. The fraction of sp³-hybridized carbons (Fsp3) is 0.913. The largest absolute Gasteiger partial charge is 0.339 e. The first-order chi connectivity index (χ1) is 12.7. The molecule has 1 heterocycles. The summed E-state index contributed by atoms with van der Waals surface area (Å²) in [6, 6.07) is 0.544. The van der Waals surface area contributed by atoms with Gasteiger partial charge >= 0.3 is 0 Å². The van der Waals surface area contributed by atoms with Gasteiger partial charge in [0.25, 0.3) is 0 Å². The average Bonchev–Trinajstić information content (AvgIpc) is 2.68. The van der Waals surface area contributed by atoms with Crippen molar-refractivity contribution in [3.05, 3.63) is 0 Å². The van der Waals surface area contributed by atoms with E-state index < -0.39 is 0 Å². The standard InChI is InChI=1S/C23H39NO2/c25-21(18-19-10-3-1-4-11-19)14-5-2-6-16-23(26)24-17-9-13-20-12-7-8-15-22(20)24/h19-20,22H,1-18H2. The van der Waals surface area contributed by atoms with Crippen LogP contribution in [0.2, 0.25) is 0 Å². The van der Waals surface area contributed by atoms with Crippen LogP contribution in [0.15, 0.2) is 0 Å². The Bertz CT molecular complexity index is 453. The highest BCUT2D eigenvalue weighted by atomic mass is 16.2. The lowest BCUT2D eigenvalue weighted by atomic mass is 9.78. The summed E-state index contributed by atoms with van der Waals surface area (Å²) in [6.45, 7) is 0.986. The van der Waals surface area contributed by atoms with Gasteiger partial charge in [-0.25, -0.2) is 0 Å². The number of likely N-dealkylation sites (tertiary alicyclic amines) is 1. The van der Waals surface area contributed by atoms with Crippen LogP contribution in [0.4, 0.5) is 0 Å². The molecule has 0 aromatic heterocycles. The Morgan fingerprint density at radius 3 is 2.27 bits per heavy atom. The molecule has 0 bridgehead atoms. The van der Waals surface area contributed by atoms with Gasteiger partial charge in [-0.3, -0.25) is 9.59 Å². The molecule has 148 valence electrons. The second-order valence-electron chi connectivity index (χ2n) is 9.15. The maximum atomic E-state index is 12.7. The molecule has 26 heavy (non-hydrogen) atoms. The minimum Gasteiger partial charge on any atom is -0.339 e. The molecule has 3 fully saturated rings. The Kier molecular flexibility index (Phi) is 8.01. The van der Waals surface area contributed by atoms with Crippen LogP contribution < -0.4 is 0 Å². The first-order valence-corrected chi connectivity index (χ1v) is 11.5. The number of rotatable bonds is 8. The molecule has 3 heteroatoms. The minimum atomic E-state index is 0.384. The van der Waals surface area contributed by atoms with E-state index in [2.05, 4.69) is 4.90 Å². The van der Waals surface area contributed by atoms with Crippen molar-refractivity contribution in [2.75, 3.05) is 6.54 Å². The lowest BCUT2D eigenvalue weighted by Gasteiger charge is -2.44. The number of nitrogens with zero attached hydrogens (tertiary/aromatic N) is 1. The Labute approximate surface area is 160 Å². The van der Waals surface area contributed by atoms with Gasteiger partial charge in [-0.1, -0.05) is 51.4 Å². The number of carbonyl (C=O) groups is 2. The second-order valence-corrected chi connectivity index (χ2v) is 9.15. The van der Waals surface area contributed by atoms with Crippen molar-refractivity contribution in [2.24, 2.45) is 11.8 Å². The number of hydrogen-bond donors (Lipinski definition) is 0. The summed E-state index contributed by atoms with van der Waals surface area (Å²) in [4.78, 5) is 27.0. The number of piperidine rings is 1. The summed E-state index contributed by atoms with van der Waals surface area (Å²) in [7, 11) is 0. The molecule has 0 aromatic rings. The minimum absolute atomic E-state index is 0.384. The van der Waals surface area contributed by atoms with E-state index in [-0.39, 0.29) is 0 Å². The van der Waals surface area contributed by atoms with E-state index in [1.165, 1.54) is 70.6 Å². The lowest BCUT2D eigenvalue weighted by molar-refractivity contribution is -0.137. The molecule has 1 aliphatic heterocycles. The zero-order chi connectivity index (χ0) is 18.2. The topological polar surface area (TPSA) is 37.4 Å². The van der Waals surface area contributed by atoms with Crippen LogP contribution in [0.5, 0.6) is 0 Å². The number of Topliss-reactive ketones (excluding diaryl/α,β-unsaturated/α-hetero) is 1. The SMILES string of the molecule is O=C(CCCCCC(=O)N1CCCC2CCCCC21)CC1CCCCC1. The normalized spacial score (nSPS) is 27.2. The molecule has 3 rings (SSSR count). The van der Waals surface area contributed by atoms with Crippen molar-refractivity contribution in [1.29, 1.82) is 0 Å². The highest BCUT2D eigenvalue weighted by Gasteiger charge is 2.35. The van der Waals surface area contributed by atoms with Gasteiger partial charge in [0.2, 0.25) is 5.91 Å². The Morgan fingerprint density at radius 1 is 0.731 bits per heavy atom. The van der Waals surface area contributed by atoms with E-state index in [0.29, 0.717) is 30.1 Å². The van der Waals surface area contributed by atoms with E-state index in [0.717, 1.165) is 44.6 Å². The fourth-order valence-electron chi connectivity index (χ4n) is 5.67. The molecule has 0 spiro atoms. The van der Waals surface area contributed by atoms with Gasteiger partial charge in [0.05, 0.1) is 0 Å². The van der Waals surface area contributed by atoms with Crippen LogP contribution in [-0.2, 0) is 9.59 Å². The van der Waals surface area contributed by atoms with Crippen LogP contribution in [0.3, 0.4) is 0 Å². The molecule has 0 aromatic carbocycles. The summed E-state index contributed by atoms with van der Waals surface area (Å²) in [5.41, 5.74) is 0. The molecular formula is C23H39NO2. The van der Waals surface area contributed by atoms with Crippen molar-refractivity contribution < 1.29 is 9.59 Å². The van der Waals surface area contributed by atoms with Gasteiger partial charge in [-0.2, -0.15) is 0 Å². The molecular weight excluding hydrogens is 322 g/mol. The first-order valence-electron chi connectivity index (χ1n) is 11.5. The van der Waals surface area contributed by atoms with Crippen molar-refractivity contribution in [3.63, 3.8) is 0 Å². The average molecular weight is 362 g/mol. The maximum Gasteiger partial charge on any atom is 0.222 e. The Balaban J connectivity index is 1.28. The molecule has 0 N–H and O–H groups in total. The molecule has 2 aliphatic carbocycles. The molecule has 1 saturated heterocycles. The third kappa shape index (κ3) is 5.82. The van der Waals surface area contributed by atoms with Crippen LogP contribution in [-0.4, -0.2) is 29.2 Å². The van der Waals surface area contributed by atoms with E-state index in [1.807, 2.05) is 0 Å². The molecule has 2 unspecified atom stereocenters. The van der Waals surface area contributed by atoms with Crippen molar-refractivity contribution in [2.45, 2.75) is 115 Å². The third-order valence-electron chi connectivity index (χ3n) is 7.15. The summed E-state index contributed by atoms with van der Waals surface area (Å²) in [6.07, 6.45) is 19.5. The number of hydrogen-bond acceptors (Lipinski definition) is 2. The van der Waals surface area contributed by atoms with Crippen molar-refractivity contribution in [3.8, 4) is 0 Å². The lowest BCUT2D eigenvalue weighted by Crippen LogP contribution is -2.49. The van der Waals surface area contributed by atoms with Gasteiger partial charge < -0.3 is 4.90 Å². The van der Waals surface area contributed by atoms with E-state index in [1.54, 1.807) is 0 Å². The van der Waals surface area contributed by atoms with Gasteiger partial charge in [0.1, 0.15) is 5.78 Å². The molecule has 0 radical (unpaired) electrons. The highest BCUT2D eigenvalue weighted by Crippen LogP contribution is 2.35. The van der Waals surface area contributed by atoms with E-state index >= 15 is 0 Å². The molecule has 2 atom stereocenters. The second kappa shape index (κ2) is 10.5.